The van der Waals surface area contributed by atoms with Gasteiger partial charge in [-0.15, -0.1) is 13.2 Å². The first-order valence-electron chi connectivity index (χ1n) is 5.06. The molecule has 6 heteroatoms. The van der Waals surface area contributed by atoms with E-state index in [1.807, 2.05) is 7.05 Å². The van der Waals surface area contributed by atoms with Crippen molar-refractivity contribution in [2.45, 2.75) is 30.8 Å². The smallest absolute Gasteiger partial charge is 0.304 e. The summed E-state index contributed by atoms with van der Waals surface area (Å²) < 4.78 is 39.8. The van der Waals surface area contributed by atoms with Gasteiger partial charge in [0.2, 0.25) is 0 Å². The number of fused-ring (bicyclic) bond motifs is 2. The van der Waals surface area contributed by atoms with Gasteiger partial charge in [-0.05, 0) is 19.9 Å². The molecule has 3 nitrogen and oxygen atoms in total. The van der Waals surface area contributed by atoms with Crippen LogP contribution in [0.3, 0.4) is 0 Å². The lowest BCUT2D eigenvalue weighted by atomic mass is 9.98. The molecule has 0 unspecified atom stereocenters. The second kappa shape index (κ2) is 3.61. The second-order valence-electron chi connectivity index (χ2n) is 4.59. The molecule has 2 saturated heterocycles. The Bertz CT molecular complexity index is 246. The van der Waals surface area contributed by atoms with Crippen molar-refractivity contribution in [2.75, 3.05) is 26.7 Å². The summed E-state index contributed by atoms with van der Waals surface area (Å²) in [5.41, 5.74) is -0.493. The number of ether oxygens (including phenoxy) is 1. The molecule has 0 radical (unpaired) electrons. The van der Waals surface area contributed by atoms with Gasteiger partial charge in [0, 0.05) is 19.1 Å². The predicted molar refractivity (Wildman–Crippen MR) is 48.4 cm³/mol. The van der Waals surface area contributed by atoms with Gasteiger partial charge in [0.25, 0.3) is 0 Å². The number of likely N-dealkylation sites (N-methyl/N-ethyl adjacent to an activating group) is 1. The number of halogens is 3. The van der Waals surface area contributed by atoms with Gasteiger partial charge in [-0.25, -0.2) is 0 Å². The van der Waals surface area contributed by atoms with Crippen molar-refractivity contribution < 1.29 is 17.9 Å². The van der Waals surface area contributed by atoms with Crippen LogP contribution < -0.4 is 5.32 Å². The number of hydrogen-bond acceptors (Lipinski definition) is 3. The first-order valence-corrected chi connectivity index (χ1v) is 5.06. The minimum absolute atomic E-state index is 0.280. The van der Waals surface area contributed by atoms with E-state index in [1.54, 1.807) is 0 Å². The van der Waals surface area contributed by atoms with E-state index in [9.17, 15) is 13.2 Å². The number of nitrogens with zero attached hydrogens (tertiary/aromatic N) is 1. The van der Waals surface area contributed by atoms with Crippen LogP contribution in [0.4, 0.5) is 13.2 Å². The summed E-state index contributed by atoms with van der Waals surface area (Å²) in [6.45, 7) is 1.25. The summed E-state index contributed by atoms with van der Waals surface area (Å²) in [5.74, 6) is 0. The molecule has 0 saturated carbocycles. The van der Waals surface area contributed by atoms with Crippen LogP contribution in [0.25, 0.3) is 0 Å². The van der Waals surface area contributed by atoms with Crippen LogP contribution in [0, 0.1) is 0 Å². The van der Waals surface area contributed by atoms with Gasteiger partial charge in [-0.1, -0.05) is 0 Å². The largest absolute Gasteiger partial charge is 0.522 e. The molecule has 0 aromatic heterocycles. The third-order valence-corrected chi connectivity index (χ3v) is 3.10. The van der Waals surface area contributed by atoms with Crippen molar-refractivity contribution in [3.63, 3.8) is 0 Å². The normalized spacial score (nSPS) is 37.2. The molecule has 88 valence electrons. The molecule has 2 fully saturated rings. The van der Waals surface area contributed by atoms with E-state index in [4.69, 9.17) is 0 Å². The molecule has 0 aromatic carbocycles. The van der Waals surface area contributed by atoms with E-state index < -0.39 is 11.9 Å². The zero-order valence-corrected chi connectivity index (χ0v) is 8.60. The molecular formula is C9H15F3N2O. The Morgan fingerprint density at radius 3 is 2.93 bits per heavy atom. The van der Waals surface area contributed by atoms with Gasteiger partial charge in [-0.3, -0.25) is 4.74 Å². The van der Waals surface area contributed by atoms with Gasteiger partial charge < -0.3 is 10.2 Å². The minimum Gasteiger partial charge on any atom is -0.304 e. The molecular weight excluding hydrogens is 209 g/mol. The van der Waals surface area contributed by atoms with Crippen molar-refractivity contribution in [1.82, 2.24) is 10.2 Å². The fourth-order valence-electron chi connectivity index (χ4n) is 2.63. The second-order valence-corrected chi connectivity index (χ2v) is 4.59. The van der Waals surface area contributed by atoms with Crippen LogP contribution in [-0.2, 0) is 4.74 Å². The van der Waals surface area contributed by atoms with Crippen molar-refractivity contribution in [2.24, 2.45) is 0 Å². The molecule has 0 aromatic rings. The third-order valence-electron chi connectivity index (χ3n) is 3.10. The third kappa shape index (κ3) is 2.62. The zero-order valence-electron chi connectivity index (χ0n) is 8.60. The Kier molecular flexibility index (Phi) is 2.68. The summed E-state index contributed by atoms with van der Waals surface area (Å²) in [5, 5.41) is 3.24. The molecule has 0 aliphatic carbocycles. The summed E-state index contributed by atoms with van der Waals surface area (Å²) in [4.78, 5) is 2.06. The number of piperazine rings is 1. The lowest BCUT2D eigenvalue weighted by Gasteiger charge is -2.39. The Balaban J connectivity index is 1.95. The maximum absolute atomic E-state index is 12.0. The molecule has 2 heterocycles. The lowest BCUT2D eigenvalue weighted by molar-refractivity contribution is -0.330. The molecule has 2 bridgehead atoms. The van der Waals surface area contributed by atoms with Crippen molar-refractivity contribution in [3.05, 3.63) is 0 Å². The number of hydrogen-bond donors (Lipinski definition) is 1. The number of likely N-dealkylation sites (tertiary alicyclic amines) is 1. The van der Waals surface area contributed by atoms with Crippen LogP contribution in [0.5, 0.6) is 0 Å². The number of rotatable bonds is 2. The topological polar surface area (TPSA) is 24.5 Å². The summed E-state index contributed by atoms with van der Waals surface area (Å²) in [6.07, 6.45) is -2.83. The van der Waals surface area contributed by atoms with Crippen molar-refractivity contribution in [1.29, 1.82) is 0 Å². The fourth-order valence-corrected chi connectivity index (χ4v) is 2.63. The van der Waals surface area contributed by atoms with E-state index in [2.05, 4.69) is 15.0 Å². The van der Waals surface area contributed by atoms with Crippen LogP contribution >= 0.6 is 0 Å². The van der Waals surface area contributed by atoms with Crippen LogP contribution in [0.1, 0.15) is 12.8 Å². The quantitative estimate of drug-likeness (QED) is 0.756. The average Bonchev–Trinajstić information content (AvgIpc) is 2.39. The lowest BCUT2D eigenvalue weighted by Crippen LogP contribution is -2.61. The molecule has 0 spiro atoms. The van der Waals surface area contributed by atoms with Gasteiger partial charge in [-0.2, -0.15) is 0 Å². The Morgan fingerprint density at radius 1 is 1.53 bits per heavy atom. The first-order chi connectivity index (χ1) is 6.89. The highest BCUT2D eigenvalue weighted by molar-refractivity contribution is 5.04. The highest BCUT2D eigenvalue weighted by Gasteiger charge is 2.46. The van der Waals surface area contributed by atoms with Crippen LogP contribution in [0.2, 0.25) is 0 Å². The van der Waals surface area contributed by atoms with E-state index in [-0.39, 0.29) is 6.61 Å². The monoisotopic (exact) mass is 224 g/mol. The molecule has 2 atom stereocenters. The molecule has 1 N–H and O–H groups in total. The van der Waals surface area contributed by atoms with Crippen molar-refractivity contribution >= 4 is 0 Å². The molecule has 2 rings (SSSR count). The van der Waals surface area contributed by atoms with E-state index in [0.29, 0.717) is 12.6 Å². The van der Waals surface area contributed by atoms with Gasteiger partial charge >= 0.3 is 6.36 Å². The summed E-state index contributed by atoms with van der Waals surface area (Å²) in [7, 11) is 1.93. The predicted octanol–water partition coefficient (Wildman–Crippen LogP) is 0.959. The SMILES string of the molecule is CN1C[C@H]2CC[C@@](COC(F)(F)F)(C1)N2. The molecule has 2 aliphatic heterocycles. The summed E-state index contributed by atoms with van der Waals surface area (Å²) >= 11 is 0. The first kappa shape index (κ1) is 11.2. The average molecular weight is 224 g/mol. The van der Waals surface area contributed by atoms with E-state index in [0.717, 1.165) is 19.4 Å². The minimum atomic E-state index is -4.52. The molecule has 2 aliphatic rings. The van der Waals surface area contributed by atoms with Crippen LogP contribution in [0.15, 0.2) is 0 Å². The van der Waals surface area contributed by atoms with Gasteiger partial charge in [0.05, 0.1) is 12.1 Å². The Labute approximate surface area is 86.6 Å². The standard InChI is InChI=1S/C9H15F3N2O/c1-14-4-7-2-3-8(5-14,13-7)6-15-9(10,11)12/h7,13H,2-6H2,1H3/t7-,8+/m1/s1. The number of alkyl halides is 3. The van der Waals surface area contributed by atoms with Gasteiger partial charge in [0.1, 0.15) is 0 Å². The van der Waals surface area contributed by atoms with E-state index >= 15 is 0 Å². The number of nitrogens with one attached hydrogen (secondary N) is 1. The fraction of sp³-hybridized carbons (Fsp3) is 1.00. The zero-order chi connectivity index (χ0) is 11.1. The van der Waals surface area contributed by atoms with E-state index in [1.165, 1.54) is 0 Å². The highest BCUT2D eigenvalue weighted by atomic mass is 19.4. The Morgan fingerprint density at radius 2 is 2.27 bits per heavy atom. The van der Waals surface area contributed by atoms with Crippen LogP contribution in [-0.4, -0.2) is 49.6 Å². The maximum Gasteiger partial charge on any atom is 0.522 e. The van der Waals surface area contributed by atoms with Crippen molar-refractivity contribution in [3.8, 4) is 0 Å². The highest BCUT2D eigenvalue weighted by Crippen LogP contribution is 2.31. The molecule has 0 amide bonds. The Hall–Kier alpha value is -0.330. The maximum atomic E-state index is 12.0. The molecule has 15 heavy (non-hydrogen) atoms. The van der Waals surface area contributed by atoms with Gasteiger partial charge in [0.15, 0.2) is 0 Å². The summed E-state index contributed by atoms with van der Waals surface area (Å²) in [6, 6.07) is 0.320.